The number of nitrogens with zero attached hydrogens (tertiary/aromatic N) is 3. The van der Waals surface area contributed by atoms with Crippen LogP contribution in [0.2, 0.25) is 0 Å². The average molecular weight is 266 g/mol. The Hall–Kier alpha value is -2.33. The molecule has 4 nitrogen and oxygen atoms in total. The molecule has 0 bridgehead atoms. The Balaban J connectivity index is 1.70. The molecule has 0 spiro atoms. The molecule has 0 aliphatic heterocycles. The molecule has 20 heavy (non-hydrogen) atoms. The molecule has 0 fully saturated rings. The first kappa shape index (κ1) is 12.7. The fourth-order valence-electron chi connectivity index (χ4n) is 2.30. The van der Waals surface area contributed by atoms with Crippen molar-refractivity contribution in [3.05, 3.63) is 72.3 Å². The molecule has 0 unspecified atom stereocenters. The van der Waals surface area contributed by atoms with Crippen molar-refractivity contribution in [3.8, 4) is 5.69 Å². The van der Waals surface area contributed by atoms with Crippen molar-refractivity contribution in [2.75, 3.05) is 0 Å². The molecule has 3 aromatic rings. The first-order chi connectivity index (χ1) is 9.84. The van der Waals surface area contributed by atoms with Crippen LogP contribution < -0.4 is 5.32 Å². The molecular weight excluding hydrogens is 248 g/mol. The Morgan fingerprint density at radius 3 is 2.65 bits per heavy atom. The molecule has 2 aromatic heterocycles. The van der Waals surface area contributed by atoms with Gasteiger partial charge in [-0.05, 0) is 29.8 Å². The summed E-state index contributed by atoms with van der Waals surface area (Å²) in [7, 11) is 2.06. The molecule has 0 radical (unpaired) electrons. The Morgan fingerprint density at radius 1 is 1.00 bits per heavy atom. The lowest BCUT2D eigenvalue weighted by Gasteiger charge is -2.11. The maximum atomic E-state index is 4.30. The van der Waals surface area contributed by atoms with Crippen molar-refractivity contribution in [1.29, 1.82) is 0 Å². The van der Waals surface area contributed by atoms with Crippen molar-refractivity contribution in [3.63, 3.8) is 0 Å². The Bertz CT molecular complexity index is 667. The summed E-state index contributed by atoms with van der Waals surface area (Å²) in [4.78, 5) is 0. The molecule has 0 aliphatic rings. The molecule has 0 amide bonds. The largest absolute Gasteiger partial charge is 0.353 e. The quantitative estimate of drug-likeness (QED) is 0.770. The van der Waals surface area contributed by atoms with Gasteiger partial charge in [-0.25, -0.2) is 4.68 Å². The van der Waals surface area contributed by atoms with Crippen LogP contribution in [0.1, 0.15) is 11.3 Å². The highest BCUT2D eigenvalue weighted by atomic mass is 15.3. The summed E-state index contributed by atoms with van der Waals surface area (Å²) in [6.45, 7) is 1.68. The highest BCUT2D eigenvalue weighted by Crippen LogP contribution is 2.13. The van der Waals surface area contributed by atoms with E-state index in [1.165, 1.54) is 11.3 Å². The van der Waals surface area contributed by atoms with Gasteiger partial charge in [0.05, 0.1) is 5.69 Å². The van der Waals surface area contributed by atoms with Crippen LogP contribution in [0.4, 0.5) is 0 Å². The van der Waals surface area contributed by atoms with E-state index in [9.17, 15) is 0 Å². The third kappa shape index (κ3) is 2.65. The second kappa shape index (κ2) is 5.75. The van der Waals surface area contributed by atoms with Gasteiger partial charge < -0.3 is 9.88 Å². The minimum atomic E-state index is 0.821. The lowest BCUT2D eigenvalue weighted by molar-refractivity contribution is 0.651. The number of hydrogen-bond donors (Lipinski definition) is 1. The maximum absolute atomic E-state index is 4.30. The van der Waals surface area contributed by atoms with Crippen molar-refractivity contribution in [1.82, 2.24) is 19.7 Å². The Morgan fingerprint density at radius 2 is 1.90 bits per heavy atom. The average Bonchev–Trinajstić information content (AvgIpc) is 3.12. The summed E-state index contributed by atoms with van der Waals surface area (Å²) in [5.74, 6) is 0. The van der Waals surface area contributed by atoms with Gasteiger partial charge >= 0.3 is 0 Å². The van der Waals surface area contributed by atoms with Gasteiger partial charge in [0.15, 0.2) is 0 Å². The second-order valence-corrected chi connectivity index (χ2v) is 4.79. The number of aromatic nitrogens is 3. The fraction of sp³-hybridized carbons (Fsp3) is 0.188. The third-order valence-corrected chi connectivity index (χ3v) is 3.42. The molecule has 0 saturated carbocycles. The van der Waals surface area contributed by atoms with Gasteiger partial charge in [0.1, 0.15) is 0 Å². The SMILES string of the molecule is Cn1cccc1CNCc1ccccc1-n1cccn1. The minimum absolute atomic E-state index is 0.821. The van der Waals surface area contributed by atoms with E-state index < -0.39 is 0 Å². The zero-order valence-electron chi connectivity index (χ0n) is 11.5. The van der Waals surface area contributed by atoms with E-state index in [2.05, 4.69) is 58.6 Å². The lowest BCUT2D eigenvalue weighted by atomic mass is 10.2. The number of nitrogens with one attached hydrogen (secondary N) is 1. The van der Waals surface area contributed by atoms with Gasteiger partial charge in [0.25, 0.3) is 0 Å². The number of aryl methyl sites for hydroxylation is 1. The summed E-state index contributed by atoms with van der Waals surface area (Å²) in [5.41, 5.74) is 3.64. The van der Waals surface area contributed by atoms with E-state index in [0.717, 1.165) is 18.8 Å². The van der Waals surface area contributed by atoms with Crippen LogP contribution >= 0.6 is 0 Å². The first-order valence-electron chi connectivity index (χ1n) is 6.73. The molecular formula is C16H18N4. The predicted octanol–water partition coefficient (Wildman–Crippen LogP) is 2.50. The Labute approximate surface area is 118 Å². The number of hydrogen-bond acceptors (Lipinski definition) is 2. The zero-order valence-corrected chi connectivity index (χ0v) is 11.5. The highest BCUT2D eigenvalue weighted by Gasteiger charge is 2.04. The van der Waals surface area contributed by atoms with Crippen LogP contribution in [0.15, 0.2) is 61.1 Å². The van der Waals surface area contributed by atoms with Gasteiger partial charge in [-0.15, -0.1) is 0 Å². The fourth-order valence-corrected chi connectivity index (χ4v) is 2.30. The molecule has 3 rings (SSSR count). The van der Waals surface area contributed by atoms with Gasteiger partial charge in [-0.1, -0.05) is 18.2 Å². The smallest absolute Gasteiger partial charge is 0.0690 e. The maximum Gasteiger partial charge on any atom is 0.0690 e. The summed E-state index contributed by atoms with van der Waals surface area (Å²) in [6, 6.07) is 14.5. The number of para-hydroxylation sites is 1. The summed E-state index contributed by atoms with van der Waals surface area (Å²) < 4.78 is 4.03. The molecule has 4 heteroatoms. The molecule has 0 saturated heterocycles. The summed E-state index contributed by atoms with van der Waals surface area (Å²) in [6.07, 6.45) is 5.83. The third-order valence-electron chi connectivity index (χ3n) is 3.42. The van der Waals surface area contributed by atoms with Crippen molar-refractivity contribution in [2.45, 2.75) is 13.1 Å². The van der Waals surface area contributed by atoms with Crippen molar-refractivity contribution in [2.24, 2.45) is 7.05 Å². The lowest BCUT2D eigenvalue weighted by Crippen LogP contribution is -2.16. The van der Waals surface area contributed by atoms with E-state index in [1.54, 1.807) is 6.20 Å². The second-order valence-electron chi connectivity index (χ2n) is 4.79. The monoisotopic (exact) mass is 266 g/mol. The van der Waals surface area contributed by atoms with E-state index in [0.29, 0.717) is 0 Å². The molecule has 0 atom stereocenters. The highest BCUT2D eigenvalue weighted by molar-refractivity contribution is 5.40. The normalized spacial score (nSPS) is 10.8. The molecule has 102 valence electrons. The number of benzene rings is 1. The first-order valence-corrected chi connectivity index (χ1v) is 6.73. The molecule has 0 aliphatic carbocycles. The Kier molecular flexibility index (Phi) is 3.65. The van der Waals surface area contributed by atoms with Gasteiger partial charge in [0.2, 0.25) is 0 Å². The standard InChI is InChI=1S/C16H18N4/c1-19-10-4-7-15(19)13-17-12-14-6-2-3-8-16(14)20-11-5-9-18-20/h2-11,17H,12-13H2,1H3. The van der Waals surface area contributed by atoms with Gasteiger partial charge in [0, 0.05) is 44.4 Å². The van der Waals surface area contributed by atoms with Crippen LogP contribution in [0, 0.1) is 0 Å². The van der Waals surface area contributed by atoms with E-state index in [4.69, 9.17) is 0 Å². The van der Waals surface area contributed by atoms with E-state index in [-0.39, 0.29) is 0 Å². The van der Waals surface area contributed by atoms with E-state index >= 15 is 0 Å². The molecule has 1 N–H and O–H groups in total. The van der Waals surface area contributed by atoms with Crippen molar-refractivity contribution < 1.29 is 0 Å². The van der Waals surface area contributed by atoms with Crippen LogP contribution in [-0.2, 0) is 20.1 Å². The topological polar surface area (TPSA) is 34.8 Å². The van der Waals surface area contributed by atoms with Crippen LogP contribution in [0.3, 0.4) is 0 Å². The summed E-state index contributed by atoms with van der Waals surface area (Å²) >= 11 is 0. The van der Waals surface area contributed by atoms with Gasteiger partial charge in [-0.3, -0.25) is 0 Å². The predicted molar refractivity (Wildman–Crippen MR) is 79.5 cm³/mol. The molecule has 1 aromatic carbocycles. The zero-order chi connectivity index (χ0) is 13.8. The van der Waals surface area contributed by atoms with Crippen LogP contribution in [0.5, 0.6) is 0 Å². The van der Waals surface area contributed by atoms with E-state index in [1.807, 2.05) is 23.0 Å². The van der Waals surface area contributed by atoms with Crippen LogP contribution in [0.25, 0.3) is 5.69 Å². The molecule has 2 heterocycles. The summed E-state index contributed by atoms with van der Waals surface area (Å²) in [5, 5.41) is 7.79. The van der Waals surface area contributed by atoms with Crippen molar-refractivity contribution >= 4 is 0 Å². The van der Waals surface area contributed by atoms with Crippen LogP contribution in [-0.4, -0.2) is 14.3 Å². The van der Waals surface area contributed by atoms with Gasteiger partial charge in [-0.2, -0.15) is 5.10 Å². The number of rotatable bonds is 5. The minimum Gasteiger partial charge on any atom is -0.353 e.